The fourth-order valence-corrected chi connectivity index (χ4v) is 5.04. The van der Waals surface area contributed by atoms with Crippen molar-refractivity contribution < 1.29 is 27.1 Å². The molecule has 0 unspecified atom stereocenters. The second-order valence-corrected chi connectivity index (χ2v) is 9.33. The minimum Gasteiger partial charge on any atom is -0.462 e. The molecule has 1 aliphatic rings. The lowest BCUT2D eigenvalue weighted by Crippen LogP contribution is -2.26. The van der Waals surface area contributed by atoms with Crippen molar-refractivity contribution >= 4 is 33.0 Å². The van der Waals surface area contributed by atoms with Crippen LogP contribution in [0.15, 0.2) is 82.7 Å². The first-order valence-corrected chi connectivity index (χ1v) is 11.6. The summed E-state index contributed by atoms with van der Waals surface area (Å²) in [6.45, 7) is 3.73. The zero-order valence-electron chi connectivity index (χ0n) is 17.9. The Bertz CT molecular complexity index is 1390. The number of rotatable bonds is 5. The van der Waals surface area contributed by atoms with Gasteiger partial charge in [0.25, 0.3) is 0 Å². The summed E-state index contributed by atoms with van der Waals surface area (Å²) in [5.74, 6) is -1.88. The van der Waals surface area contributed by atoms with Gasteiger partial charge in [-0.25, -0.2) is 17.6 Å². The van der Waals surface area contributed by atoms with E-state index < -0.39 is 32.3 Å². The molecule has 168 valence electrons. The van der Waals surface area contributed by atoms with Crippen LogP contribution < -0.4 is 4.90 Å². The van der Waals surface area contributed by atoms with Crippen LogP contribution in [0.5, 0.6) is 0 Å². The molecule has 8 heteroatoms. The second-order valence-electron chi connectivity index (χ2n) is 7.44. The van der Waals surface area contributed by atoms with Crippen LogP contribution in [0.25, 0.3) is 0 Å². The van der Waals surface area contributed by atoms with Gasteiger partial charge in [0.2, 0.25) is 15.6 Å². The number of Topliss-reactive ketones (excluding diaryl/α,β-unsaturated/α-hetero) is 1. The van der Waals surface area contributed by atoms with Gasteiger partial charge >= 0.3 is 5.97 Å². The van der Waals surface area contributed by atoms with Crippen LogP contribution in [-0.4, -0.2) is 26.8 Å². The molecule has 0 spiro atoms. The van der Waals surface area contributed by atoms with E-state index in [0.717, 1.165) is 23.8 Å². The summed E-state index contributed by atoms with van der Waals surface area (Å²) in [6, 6.07) is 16.1. The highest BCUT2D eigenvalue weighted by atomic mass is 32.2. The van der Waals surface area contributed by atoms with E-state index in [0.29, 0.717) is 5.69 Å². The van der Waals surface area contributed by atoms with Crippen molar-refractivity contribution in [3.63, 3.8) is 0 Å². The van der Waals surface area contributed by atoms with Crippen LogP contribution in [-0.2, 0) is 14.6 Å². The molecule has 0 N–H and O–H groups in total. The van der Waals surface area contributed by atoms with Crippen molar-refractivity contribution in [1.29, 1.82) is 0 Å². The average Bonchev–Trinajstić information content (AvgIpc) is 2.79. The molecule has 0 bridgehead atoms. The van der Waals surface area contributed by atoms with E-state index in [1.807, 2.05) is 6.92 Å². The monoisotopic (exact) mass is 465 g/mol. The number of hydrogen-bond donors (Lipinski definition) is 0. The number of allylic oxidation sites excluding steroid dienone is 1. The minimum absolute atomic E-state index is 0.0384. The predicted octanol–water partition coefficient (Wildman–Crippen LogP) is 4.96. The van der Waals surface area contributed by atoms with Crippen molar-refractivity contribution in [2.45, 2.75) is 18.7 Å². The van der Waals surface area contributed by atoms with Crippen molar-refractivity contribution in [2.75, 3.05) is 11.5 Å². The smallest absolute Gasteiger partial charge is 0.338 e. The molecular formula is C25H20FNO5S. The topological polar surface area (TPSA) is 80.8 Å². The van der Waals surface area contributed by atoms with E-state index in [-0.39, 0.29) is 28.3 Å². The number of halogens is 1. The Balaban J connectivity index is 1.90. The number of carbonyl (C=O) groups is 2. The summed E-state index contributed by atoms with van der Waals surface area (Å²) >= 11 is 0. The molecule has 0 saturated carbocycles. The maximum Gasteiger partial charge on any atom is 0.338 e. The number of aryl methyl sites for hydroxylation is 1. The largest absolute Gasteiger partial charge is 0.462 e. The summed E-state index contributed by atoms with van der Waals surface area (Å²) in [5, 5.41) is 0. The van der Waals surface area contributed by atoms with Crippen LogP contribution in [0.4, 0.5) is 15.8 Å². The molecular weight excluding hydrogens is 445 g/mol. The van der Waals surface area contributed by atoms with Gasteiger partial charge in [0.15, 0.2) is 0 Å². The van der Waals surface area contributed by atoms with E-state index >= 15 is 0 Å². The Hall–Kier alpha value is -3.78. The minimum atomic E-state index is -4.22. The van der Waals surface area contributed by atoms with Gasteiger partial charge in [-0.1, -0.05) is 35.9 Å². The molecule has 0 amide bonds. The molecule has 1 aliphatic heterocycles. The van der Waals surface area contributed by atoms with Crippen LogP contribution in [0, 0.1) is 12.7 Å². The Morgan fingerprint density at radius 1 is 0.970 bits per heavy atom. The van der Waals surface area contributed by atoms with Crippen LogP contribution in [0.3, 0.4) is 0 Å². The number of carbonyl (C=O) groups excluding carboxylic acids is 2. The predicted molar refractivity (Wildman–Crippen MR) is 122 cm³/mol. The number of sulfone groups is 1. The normalized spacial score (nSPS) is 14.3. The number of ether oxygens (including phenoxy) is 1. The molecule has 0 atom stereocenters. The summed E-state index contributed by atoms with van der Waals surface area (Å²) in [7, 11) is -4.22. The number of fused-ring (bicyclic) bond motifs is 1. The van der Waals surface area contributed by atoms with Gasteiger partial charge in [0.05, 0.1) is 22.8 Å². The summed E-state index contributed by atoms with van der Waals surface area (Å²) in [6.07, 6.45) is 1.17. The lowest BCUT2D eigenvalue weighted by atomic mass is 10.1. The van der Waals surface area contributed by atoms with Gasteiger partial charge in [-0.15, -0.1) is 0 Å². The molecule has 33 heavy (non-hydrogen) atoms. The third-order valence-electron chi connectivity index (χ3n) is 5.18. The third-order valence-corrected chi connectivity index (χ3v) is 6.97. The molecule has 4 rings (SSSR count). The standard InChI is InChI=1S/C25H20FNO5S/c1-3-32-25(29)18-5-4-6-20(13-18)27-15-23(24(28)17-9-7-16(2)8-10-17)33(30,31)22-12-11-19(26)14-21(22)27/h4-15H,3H2,1-2H3. The second kappa shape index (κ2) is 8.63. The van der Waals surface area contributed by atoms with Gasteiger partial charge in [0, 0.05) is 17.5 Å². The number of anilines is 2. The average molecular weight is 466 g/mol. The molecule has 0 saturated heterocycles. The van der Waals surface area contributed by atoms with Gasteiger partial charge in [-0.05, 0) is 50.2 Å². The SMILES string of the molecule is CCOC(=O)c1cccc(N2C=C(C(=O)c3ccc(C)cc3)S(=O)(=O)c3ccc(F)cc32)c1. The van der Waals surface area contributed by atoms with Crippen LogP contribution in [0.1, 0.15) is 33.2 Å². The molecule has 0 fully saturated rings. The highest BCUT2D eigenvalue weighted by Gasteiger charge is 2.36. The van der Waals surface area contributed by atoms with Gasteiger partial charge in [0.1, 0.15) is 10.7 Å². The zero-order valence-corrected chi connectivity index (χ0v) is 18.7. The summed E-state index contributed by atoms with van der Waals surface area (Å²) in [4.78, 5) is 26.2. The zero-order chi connectivity index (χ0) is 23.8. The number of benzene rings is 3. The van der Waals surface area contributed by atoms with Gasteiger partial charge < -0.3 is 9.64 Å². The van der Waals surface area contributed by atoms with Crippen LogP contribution in [0.2, 0.25) is 0 Å². The maximum absolute atomic E-state index is 14.1. The van der Waals surface area contributed by atoms with Crippen molar-refractivity contribution in [3.8, 4) is 0 Å². The molecule has 3 aromatic carbocycles. The number of nitrogens with zero attached hydrogens (tertiary/aromatic N) is 1. The number of hydrogen-bond acceptors (Lipinski definition) is 6. The first-order valence-electron chi connectivity index (χ1n) is 10.2. The maximum atomic E-state index is 14.1. The Morgan fingerprint density at radius 3 is 2.39 bits per heavy atom. The van der Waals surface area contributed by atoms with E-state index in [9.17, 15) is 22.4 Å². The lowest BCUT2D eigenvalue weighted by molar-refractivity contribution is 0.0526. The van der Waals surface area contributed by atoms with Gasteiger partial charge in [-0.2, -0.15) is 0 Å². The Kier molecular flexibility index (Phi) is 5.86. The van der Waals surface area contributed by atoms with Crippen molar-refractivity contribution in [1.82, 2.24) is 0 Å². The highest BCUT2D eigenvalue weighted by molar-refractivity contribution is 7.96. The molecule has 1 heterocycles. The summed E-state index contributed by atoms with van der Waals surface area (Å²) in [5.41, 5.74) is 1.78. The van der Waals surface area contributed by atoms with Crippen LogP contribution >= 0.6 is 0 Å². The molecule has 0 aliphatic carbocycles. The third kappa shape index (κ3) is 4.17. The number of ketones is 1. The Labute approximate surface area is 190 Å². The first kappa shape index (κ1) is 22.4. The summed E-state index contributed by atoms with van der Waals surface area (Å²) < 4.78 is 45.8. The molecule has 0 aromatic heterocycles. The lowest BCUT2D eigenvalue weighted by Gasteiger charge is -2.29. The first-order chi connectivity index (χ1) is 15.7. The van der Waals surface area contributed by atoms with E-state index in [2.05, 4.69) is 0 Å². The molecule has 0 radical (unpaired) electrons. The Morgan fingerprint density at radius 2 is 1.70 bits per heavy atom. The quantitative estimate of drug-likeness (QED) is 0.301. The fraction of sp³-hybridized carbons (Fsp3) is 0.120. The van der Waals surface area contributed by atoms with Crippen molar-refractivity contribution in [2.24, 2.45) is 0 Å². The number of esters is 1. The molecule has 6 nitrogen and oxygen atoms in total. The van der Waals surface area contributed by atoms with Gasteiger partial charge in [-0.3, -0.25) is 4.79 Å². The fourth-order valence-electron chi connectivity index (χ4n) is 3.52. The van der Waals surface area contributed by atoms with E-state index in [1.54, 1.807) is 49.4 Å². The van der Waals surface area contributed by atoms with Crippen molar-refractivity contribution in [3.05, 3.63) is 100 Å². The highest BCUT2D eigenvalue weighted by Crippen LogP contribution is 2.41. The van der Waals surface area contributed by atoms with E-state index in [4.69, 9.17) is 4.74 Å². The van der Waals surface area contributed by atoms with E-state index in [1.165, 1.54) is 17.2 Å². The molecule has 3 aromatic rings.